The topological polar surface area (TPSA) is 183 Å². The highest BCUT2D eigenvalue weighted by atomic mass is 19.3. The number of aliphatic hydroxyl groups is 1. The number of rotatable bonds is 17. The molecule has 338 valence electrons. The van der Waals surface area contributed by atoms with Crippen LogP contribution >= 0.6 is 0 Å². The Morgan fingerprint density at radius 1 is 1.05 bits per heavy atom. The van der Waals surface area contributed by atoms with Crippen molar-refractivity contribution in [1.82, 2.24) is 43.7 Å². The van der Waals surface area contributed by atoms with Crippen molar-refractivity contribution < 1.29 is 33.0 Å². The van der Waals surface area contributed by atoms with Crippen LogP contribution in [0.1, 0.15) is 124 Å². The third-order valence-electron chi connectivity index (χ3n) is 13.0. The molecule has 63 heavy (non-hydrogen) atoms. The Bertz CT molecular complexity index is 2500. The van der Waals surface area contributed by atoms with Crippen LogP contribution in [0.3, 0.4) is 0 Å². The van der Waals surface area contributed by atoms with Crippen LogP contribution in [0.5, 0.6) is 0 Å². The van der Waals surface area contributed by atoms with E-state index in [1.165, 1.54) is 15.3 Å². The van der Waals surface area contributed by atoms with E-state index >= 15 is 0 Å². The van der Waals surface area contributed by atoms with Crippen LogP contribution in [0.4, 0.5) is 14.6 Å². The predicted molar refractivity (Wildman–Crippen MR) is 231 cm³/mol. The number of hydrogen-bond acceptors (Lipinski definition) is 11. The number of hydrogen-bond donors (Lipinski definition) is 3. The second kappa shape index (κ2) is 18.8. The highest BCUT2D eigenvalue weighted by molar-refractivity contribution is 6.02. The lowest BCUT2D eigenvalue weighted by Gasteiger charge is -2.36. The number of halogens is 2. The number of alkyl halides is 2. The molecular weight excluding hydrogens is 815 g/mol. The maximum absolute atomic E-state index is 14.3. The first-order valence-electron chi connectivity index (χ1n) is 22.3. The van der Waals surface area contributed by atoms with E-state index in [4.69, 9.17) is 4.74 Å². The van der Waals surface area contributed by atoms with Gasteiger partial charge in [0.15, 0.2) is 11.4 Å². The number of anilines is 1. The van der Waals surface area contributed by atoms with Crippen molar-refractivity contribution in [2.75, 3.05) is 38.1 Å². The minimum Gasteiger partial charge on any atom is -0.390 e. The van der Waals surface area contributed by atoms with E-state index in [-0.39, 0.29) is 59.2 Å². The molecule has 1 unspecified atom stereocenters. The molecule has 3 N–H and O–H groups in total. The molecule has 6 heterocycles. The number of imide groups is 1. The van der Waals surface area contributed by atoms with E-state index in [2.05, 4.69) is 30.7 Å². The van der Waals surface area contributed by atoms with Gasteiger partial charge in [-0.1, -0.05) is 12.1 Å². The van der Waals surface area contributed by atoms with E-state index in [1.54, 1.807) is 48.6 Å². The number of benzene rings is 1. The number of ketones is 1. The minimum absolute atomic E-state index is 0.0139. The summed E-state index contributed by atoms with van der Waals surface area (Å²) in [5.41, 5.74) is 1.82. The van der Waals surface area contributed by atoms with Gasteiger partial charge in [0.25, 0.3) is 6.43 Å². The zero-order valence-corrected chi connectivity index (χ0v) is 36.3. The van der Waals surface area contributed by atoms with Gasteiger partial charge in [0, 0.05) is 70.6 Å². The summed E-state index contributed by atoms with van der Waals surface area (Å²) >= 11 is 0. The number of ether oxygens (including phenoxy) is 1. The molecule has 1 aromatic carbocycles. The number of carbonyl (C=O) groups excluding carboxylic acids is 3. The fourth-order valence-electron chi connectivity index (χ4n) is 9.56. The summed E-state index contributed by atoms with van der Waals surface area (Å²) in [6.45, 7) is 7.42. The van der Waals surface area contributed by atoms with Crippen molar-refractivity contribution in [3.8, 4) is 0 Å². The number of amides is 2. The summed E-state index contributed by atoms with van der Waals surface area (Å²) in [4.78, 5) is 58.2. The van der Waals surface area contributed by atoms with E-state index in [9.17, 15) is 33.1 Å². The minimum atomic E-state index is -2.82. The number of fused-ring (bicyclic) bond motifs is 2. The lowest BCUT2D eigenvalue weighted by molar-refractivity contribution is -0.135. The fraction of sp³-hybridized carbons (Fsp3) is 0.578. The van der Waals surface area contributed by atoms with Crippen molar-refractivity contribution in [2.45, 2.75) is 121 Å². The van der Waals surface area contributed by atoms with Crippen molar-refractivity contribution >= 4 is 40.1 Å². The number of nitrogens with zero attached hydrogens (tertiary/aromatic N) is 8. The summed E-state index contributed by atoms with van der Waals surface area (Å²) in [5, 5.41) is 24.1. The number of para-hydroxylation sites is 1. The summed E-state index contributed by atoms with van der Waals surface area (Å²) in [7, 11) is 1.72. The summed E-state index contributed by atoms with van der Waals surface area (Å²) in [5.74, 6) is -0.100. The van der Waals surface area contributed by atoms with Gasteiger partial charge in [0.2, 0.25) is 11.8 Å². The highest BCUT2D eigenvalue weighted by Crippen LogP contribution is 2.35. The van der Waals surface area contributed by atoms with Crippen molar-refractivity contribution in [1.29, 1.82) is 0 Å². The van der Waals surface area contributed by atoms with Crippen LogP contribution in [0.15, 0.2) is 47.7 Å². The van der Waals surface area contributed by atoms with Crippen LogP contribution in [-0.2, 0) is 34.2 Å². The highest BCUT2D eigenvalue weighted by Gasteiger charge is 2.33. The Balaban J connectivity index is 0.782. The van der Waals surface area contributed by atoms with Crippen molar-refractivity contribution in [3.63, 3.8) is 0 Å². The third kappa shape index (κ3) is 10.1. The first kappa shape index (κ1) is 44.3. The van der Waals surface area contributed by atoms with Gasteiger partial charge < -0.3 is 20.1 Å². The van der Waals surface area contributed by atoms with Gasteiger partial charge in [-0.25, -0.2) is 23.1 Å². The first-order valence-corrected chi connectivity index (χ1v) is 22.3. The molecule has 1 aliphatic carbocycles. The maximum atomic E-state index is 14.3. The quantitative estimate of drug-likeness (QED) is 0.0624. The standard InChI is InChI=1S/C45H58F2N10O6/c1-45(2,62)18-19-48-37-17-22-55-42(50-37)33(25-49-55)36(58)24-30-27-56(52-39(30)41(46)47)31-11-9-28(10-12-31)26-54-20-15-32(16-21-54)63-23-5-7-29-6-4-8-34-40(29)53(3)44(61)57(34)35-13-14-38(59)51-43(35)60/h4,6,8,17,22,25,27-28,31-32,35,41,62H,5,7,9-16,18-21,23-24,26H2,1-3H3,(H,48,50)(H,51,59,60). The molecule has 18 heteroatoms. The molecule has 3 fully saturated rings. The van der Waals surface area contributed by atoms with Gasteiger partial charge >= 0.3 is 5.69 Å². The molecule has 1 saturated carbocycles. The fourth-order valence-corrected chi connectivity index (χ4v) is 9.56. The molecule has 2 amide bonds. The predicted octanol–water partition coefficient (Wildman–Crippen LogP) is 5.34. The number of carbonyl (C=O) groups is 3. The maximum Gasteiger partial charge on any atom is 0.329 e. The van der Waals surface area contributed by atoms with Crippen LogP contribution in [0, 0.1) is 5.92 Å². The molecule has 4 aromatic heterocycles. The molecule has 1 atom stereocenters. The Labute approximate surface area is 364 Å². The van der Waals surface area contributed by atoms with E-state index in [0.717, 1.165) is 82.1 Å². The Morgan fingerprint density at radius 2 is 1.83 bits per heavy atom. The average molecular weight is 873 g/mol. The van der Waals surface area contributed by atoms with Gasteiger partial charge in [0.1, 0.15) is 17.6 Å². The second-order valence-corrected chi connectivity index (χ2v) is 18.2. The summed E-state index contributed by atoms with van der Waals surface area (Å²) in [6, 6.07) is 6.77. The number of aromatic nitrogens is 7. The van der Waals surface area contributed by atoms with Gasteiger partial charge in [-0.2, -0.15) is 10.2 Å². The molecule has 2 aliphatic heterocycles. The monoisotopic (exact) mass is 872 g/mol. The number of nitrogens with one attached hydrogen (secondary N) is 2. The largest absolute Gasteiger partial charge is 0.390 e. The normalized spacial score (nSPS) is 20.6. The van der Waals surface area contributed by atoms with Crippen molar-refractivity contribution in [3.05, 3.63) is 75.7 Å². The molecule has 16 nitrogen and oxygen atoms in total. The number of imidazole rings is 1. The zero-order valence-electron chi connectivity index (χ0n) is 36.3. The summed E-state index contributed by atoms with van der Waals surface area (Å²) < 4.78 is 41.1. The molecule has 3 aliphatic rings. The third-order valence-corrected chi connectivity index (χ3v) is 13.0. The summed E-state index contributed by atoms with van der Waals surface area (Å²) in [6.07, 6.45) is 9.84. The number of aryl methyl sites for hydroxylation is 2. The number of likely N-dealkylation sites (tertiary alicyclic amines) is 1. The first-order chi connectivity index (χ1) is 30.2. The van der Waals surface area contributed by atoms with Crippen LogP contribution in [0.25, 0.3) is 16.7 Å². The van der Waals surface area contributed by atoms with E-state index in [1.807, 2.05) is 18.2 Å². The Hall–Kier alpha value is -5.33. The number of Topliss-reactive ketones (excluding diaryl/α,β-unsaturated/α-hetero) is 1. The van der Waals surface area contributed by atoms with Crippen LogP contribution in [-0.4, -0.2) is 106 Å². The molecule has 0 radical (unpaired) electrons. The molecule has 8 rings (SSSR count). The lowest BCUT2D eigenvalue weighted by atomic mass is 9.85. The van der Waals surface area contributed by atoms with Gasteiger partial charge in [-0.15, -0.1) is 0 Å². The SMILES string of the molecule is Cn1c(=O)n(C2CCC(=O)NC2=O)c2cccc(CCCOC3CCN(CC4CCC(n5cc(CC(=O)c6cnn7ccc(NCCC(C)(C)O)nc67)c(C(F)F)n5)CC4)CC3)c21. The lowest BCUT2D eigenvalue weighted by Crippen LogP contribution is -2.44. The van der Waals surface area contributed by atoms with E-state index in [0.29, 0.717) is 48.9 Å². The van der Waals surface area contributed by atoms with Crippen molar-refractivity contribution in [2.24, 2.45) is 13.0 Å². The van der Waals surface area contributed by atoms with Crippen LogP contribution in [0.2, 0.25) is 0 Å². The smallest absolute Gasteiger partial charge is 0.329 e. The molecular formula is C45H58F2N10O6. The van der Waals surface area contributed by atoms with Gasteiger partial charge in [0.05, 0.1) is 40.5 Å². The van der Waals surface area contributed by atoms with E-state index < -0.39 is 24.0 Å². The van der Waals surface area contributed by atoms with Gasteiger partial charge in [-0.05, 0) is 102 Å². The Morgan fingerprint density at radius 3 is 2.56 bits per heavy atom. The van der Waals surface area contributed by atoms with Gasteiger partial charge in [-0.3, -0.25) is 33.5 Å². The van der Waals surface area contributed by atoms with Crippen LogP contribution < -0.4 is 16.3 Å². The molecule has 5 aromatic rings. The number of piperidine rings is 2. The second-order valence-electron chi connectivity index (χ2n) is 18.2. The molecule has 0 bridgehead atoms. The zero-order chi connectivity index (χ0) is 44.4. The Kier molecular flexibility index (Phi) is 13.2. The molecule has 0 spiro atoms. The average Bonchev–Trinajstić information content (AvgIpc) is 3.94. The molecule has 2 saturated heterocycles.